The van der Waals surface area contributed by atoms with Crippen LogP contribution in [0.1, 0.15) is 27.0 Å². The van der Waals surface area contributed by atoms with Gasteiger partial charge in [0, 0.05) is 61.0 Å². The van der Waals surface area contributed by atoms with E-state index >= 15 is 0 Å². The first-order chi connectivity index (χ1) is 20.9. The number of halogens is 2. The fourth-order valence-electron chi connectivity index (χ4n) is 5.54. The summed E-state index contributed by atoms with van der Waals surface area (Å²) in [6.45, 7) is 0. The minimum Gasteiger partial charge on any atom is -0.455 e. The van der Waals surface area contributed by atoms with E-state index in [1.807, 2.05) is 6.07 Å². The van der Waals surface area contributed by atoms with E-state index in [1.54, 1.807) is 37.5 Å². The van der Waals surface area contributed by atoms with Crippen molar-refractivity contribution >= 4 is 44.2 Å². The summed E-state index contributed by atoms with van der Waals surface area (Å²) in [5.41, 5.74) is 3.64. The first kappa shape index (κ1) is 29.1. The van der Waals surface area contributed by atoms with Gasteiger partial charge < -0.3 is 14.3 Å². The van der Waals surface area contributed by atoms with Gasteiger partial charge in [0.25, 0.3) is 11.5 Å². The zero-order valence-electron chi connectivity index (χ0n) is 24.2. The number of aromatic nitrogens is 1. The molecular formula is C33H27F2N3O5S. The number of aryl methyl sites for hydroxylation is 1. The molecule has 8 nitrogen and oxygen atoms in total. The molecule has 44 heavy (non-hydrogen) atoms. The van der Waals surface area contributed by atoms with E-state index in [-0.39, 0.29) is 39.5 Å². The largest absolute Gasteiger partial charge is 0.455 e. The summed E-state index contributed by atoms with van der Waals surface area (Å²) in [5.74, 6) is -1.15. The summed E-state index contributed by atoms with van der Waals surface area (Å²) in [5, 5.41) is 2.92. The van der Waals surface area contributed by atoms with Crippen LogP contribution < -0.4 is 15.2 Å². The van der Waals surface area contributed by atoms with Gasteiger partial charge in [-0.05, 0) is 71.7 Å². The maximum Gasteiger partial charge on any atom is 0.258 e. The van der Waals surface area contributed by atoms with Crippen molar-refractivity contribution in [3.8, 4) is 22.5 Å². The van der Waals surface area contributed by atoms with E-state index in [4.69, 9.17) is 4.42 Å². The Bertz CT molecular complexity index is 2200. The number of nitrogens with one attached hydrogen (secondary N) is 1. The number of allylic oxidation sites excluding steroid dienone is 1. The predicted octanol–water partition coefficient (Wildman–Crippen LogP) is 5.60. The van der Waals surface area contributed by atoms with Crippen molar-refractivity contribution in [3.63, 3.8) is 0 Å². The number of nitrogens with zero attached hydrogens (tertiary/aromatic N) is 2. The minimum absolute atomic E-state index is 0.140. The highest BCUT2D eigenvalue weighted by Crippen LogP contribution is 2.41. The lowest BCUT2D eigenvalue weighted by molar-refractivity contribution is 0.0964. The van der Waals surface area contributed by atoms with Crippen molar-refractivity contribution in [1.82, 2.24) is 9.88 Å². The third-order valence-electron chi connectivity index (χ3n) is 7.89. The Balaban J connectivity index is 1.64. The van der Waals surface area contributed by atoms with Gasteiger partial charge in [0.05, 0.1) is 17.5 Å². The number of carbonyl (C=O) groups excluding carboxylic acids is 1. The van der Waals surface area contributed by atoms with Gasteiger partial charge in [-0.15, -0.1) is 0 Å². The molecule has 1 aliphatic carbocycles. The third kappa shape index (κ3) is 4.88. The second-order valence-corrected chi connectivity index (χ2v) is 12.7. The maximum atomic E-state index is 14.5. The smallest absolute Gasteiger partial charge is 0.258 e. The van der Waals surface area contributed by atoms with Crippen LogP contribution in [0.5, 0.6) is 0 Å². The van der Waals surface area contributed by atoms with Crippen molar-refractivity contribution < 1.29 is 26.4 Å². The monoisotopic (exact) mass is 615 g/mol. The second kappa shape index (κ2) is 10.6. The molecule has 0 aliphatic heterocycles. The number of anilines is 1. The van der Waals surface area contributed by atoms with Crippen molar-refractivity contribution in [2.75, 3.05) is 24.7 Å². The molecule has 0 spiro atoms. The molecule has 0 saturated carbocycles. The number of benzene rings is 3. The minimum atomic E-state index is -3.82. The molecule has 224 valence electrons. The molecule has 2 heterocycles. The van der Waals surface area contributed by atoms with Crippen LogP contribution in [-0.4, -0.2) is 39.2 Å². The number of rotatable bonds is 6. The first-order valence-electron chi connectivity index (χ1n) is 13.6. The Morgan fingerprint density at radius 3 is 2.41 bits per heavy atom. The average Bonchev–Trinajstić information content (AvgIpc) is 3.59. The number of carbonyl (C=O) groups is 1. The van der Waals surface area contributed by atoms with Crippen LogP contribution in [0.15, 0.2) is 76.1 Å². The van der Waals surface area contributed by atoms with Gasteiger partial charge in [-0.3, -0.25) is 13.9 Å². The Hall–Kier alpha value is -5.03. The van der Waals surface area contributed by atoms with Crippen LogP contribution in [0.25, 0.3) is 45.1 Å². The Morgan fingerprint density at radius 1 is 1.02 bits per heavy atom. The average molecular weight is 616 g/mol. The molecule has 0 radical (unpaired) electrons. The summed E-state index contributed by atoms with van der Waals surface area (Å²) in [6, 6.07) is 15.0. The zero-order chi connectivity index (χ0) is 31.5. The number of hydrogen-bond donors (Lipinski definition) is 1. The van der Waals surface area contributed by atoms with Crippen LogP contribution in [0.4, 0.5) is 14.5 Å². The molecular weight excluding hydrogens is 588 g/mol. The lowest BCUT2D eigenvalue weighted by atomic mass is 9.96. The molecule has 1 aliphatic rings. The summed E-state index contributed by atoms with van der Waals surface area (Å²) in [7, 11) is 0.578. The van der Waals surface area contributed by atoms with E-state index in [2.05, 4.69) is 5.32 Å². The first-order valence-corrected chi connectivity index (χ1v) is 15.4. The number of fused-ring (bicyclic) bond motifs is 2. The lowest BCUT2D eigenvalue weighted by Crippen LogP contribution is -2.26. The van der Waals surface area contributed by atoms with Gasteiger partial charge in [-0.2, -0.15) is 0 Å². The van der Waals surface area contributed by atoms with Crippen molar-refractivity contribution in [2.45, 2.75) is 6.42 Å². The third-order valence-corrected chi connectivity index (χ3v) is 9.08. The molecule has 5 aromatic rings. The summed E-state index contributed by atoms with van der Waals surface area (Å²) < 4.78 is 62.3. The van der Waals surface area contributed by atoms with Crippen molar-refractivity contribution in [2.24, 2.45) is 7.05 Å². The van der Waals surface area contributed by atoms with E-state index in [0.717, 1.165) is 21.7 Å². The van der Waals surface area contributed by atoms with Gasteiger partial charge >= 0.3 is 0 Å². The zero-order valence-corrected chi connectivity index (χ0v) is 25.1. The normalized spacial score (nSPS) is 12.7. The Morgan fingerprint density at radius 2 is 1.75 bits per heavy atom. The molecule has 0 fully saturated rings. The summed E-state index contributed by atoms with van der Waals surface area (Å²) >= 11 is 0. The Labute approximate surface area is 251 Å². The van der Waals surface area contributed by atoms with Crippen LogP contribution in [-0.2, 0) is 23.5 Å². The maximum absolute atomic E-state index is 14.5. The van der Waals surface area contributed by atoms with E-state index < -0.39 is 27.3 Å². The molecule has 0 atom stereocenters. The van der Waals surface area contributed by atoms with Gasteiger partial charge in [0.15, 0.2) is 0 Å². The number of amides is 1. The van der Waals surface area contributed by atoms with E-state index in [9.17, 15) is 26.8 Å². The number of hydrogen-bond acceptors (Lipinski definition) is 5. The van der Waals surface area contributed by atoms with Gasteiger partial charge in [0.1, 0.15) is 23.0 Å². The molecule has 0 bridgehead atoms. The van der Waals surface area contributed by atoms with Crippen LogP contribution in [0.2, 0.25) is 0 Å². The quantitative estimate of drug-likeness (QED) is 0.268. The molecule has 2 aromatic heterocycles. The second-order valence-electron chi connectivity index (χ2n) is 10.7. The summed E-state index contributed by atoms with van der Waals surface area (Å²) in [6.07, 6.45) is 4.88. The molecule has 11 heteroatoms. The number of furan rings is 1. The summed E-state index contributed by atoms with van der Waals surface area (Å²) in [4.78, 5) is 26.9. The molecule has 0 saturated heterocycles. The fourth-order valence-corrected chi connectivity index (χ4v) is 6.04. The van der Waals surface area contributed by atoms with Gasteiger partial charge in [-0.25, -0.2) is 17.2 Å². The molecule has 1 amide bonds. The highest BCUT2D eigenvalue weighted by Gasteiger charge is 2.27. The predicted molar refractivity (Wildman–Crippen MR) is 167 cm³/mol. The topological polar surface area (TPSA) is 102 Å². The SMILES string of the molecule is CNC(=O)c1c(-c2ccc(F)cc2)oc2cc(N(C)S(C)(=O)=O)c(-c3cc(C4=Cc5c(F)cccc5C4)cn(C)c3=O)cc12. The Kier molecular flexibility index (Phi) is 7.00. The lowest BCUT2D eigenvalue weighted by Gasteiger charge is -2.21. The van der Waals surface area contributed by atoms with Crippen molar-refractivity contribution in [3.05, 3.63) is 111 Å². The molecule has 6 rings (SSSR count). The van der Waals surface area contributed by atoms with E-state index in [1.165, 1.54) is 55.1 Å². The van der Waals surface area contributed by atoms with Crippen LogP contribution in [0, 0.1) is 11.6 Å². The highest BCUT2D eigenvalue weighted by molar-refractivity contribution is 7.92. The van der Waals surface area contributed by atoms with Crippen LogP contribution >= 0.6 is 0 Å². The van der Waals surface area contributed by atoms with Gasteiger partial charge in [-0.1, -0.05) is 12.1 Å². The fraction of sp³-hybridized carbons (Fsp3) is 0.152. The molecule has 0 unspecified atom stereocenters. The number of pyridine rings is 1. The number of sulfonamides is 1. The highest BCUT2D eigenvalue weighted by atomic mass is 32.2. The molecule has 3 aromatic carbocycles. The van der Waals surface area contributed by atoms with Crippen molar-refractivity contribution in [1.29, 1.82) is 0 Å². The van der Waals surface area contributed by atoms with Crippen LogP contribution in [0.3, 0.4) is 0 Å². The standard InChI is InChI=1S/C33H27F2N3O5S/c1-36-32(39)30-26-15-24(25-14-21(17-37(2)33(25)40)20-12-19-6-5-7-27(35)23(19)13-20)28(38(3)44(4,41)42)16-29(26)43-31(30)18-8-10-22(34)11-9-18/h5-11,13-17H,12H2,1-4H3,(H,36,39). The van der Waals surface area contributed by atoms with Gasteiger partial charge in [0.2, 0.25) is 10.0 Å². The van der Waals surface area contributed by atoms with E-state index in [0.29, 0.717) is 28.5 Å². The molecule has 1 N–H and O–H groups in total.